The number of carbonyl (C=O) groups is 1. The van der Waals surface area contributed by atoms with Gasteiger partial charge in [-0.15, -0.1) is 0 Å². The van der Waals surface area contributed by atoms with Crippen LogP contribution in [0.1, 0.15) is 23.2 Å². The van der Waals surface area contributed by atoms with Crippen molar-refractivity contribution in [3.63, 3.8) is 0 Å². The molecule has 0 atom stereocenters. The first kappa shape index (κ1) is 13.0. The summed E-state index contributed by atoms with van der Waals surface area (Å²) in [6, 6.07) is 4.45. The van der Waals surface area contributed by atoms with Gasteiger partial charge in [0.05, 0.1) is 5.56 Å². The van der Waals surface area contributed by atoms with Gasteiger partial charge in [0.1, 0.15) is 5.82 Å². The van der Waals surface area contributed by atoms with Crippen molar-refractivity contribution in [3.05, 3.63) is 34.1 Å². The van der Waals surface area contributed by atoms with Crippen LogP contribution in [0, 0.1) is 11.2 Å². The van der Waals surface area contributed by atoms with E-state index in [4.69, 9.17) is 0 Å². The smallest absolute Gasteiger partial charge is 0.254 e. The molecule has 1 aliphatic carbocycles. The van der Waals surface area contributed by atoms with Crippen LogP contribution in [0.25, 0.3) is 0 Å². The molecular weight excluding hydrogens is 353 g/mol. The summed E-state index contributed by atoms with van der Waals surface area (Å²) in [5, 5.41) is 3.67. The average Bonchev–Trinajstić information content (AvgIpc) is 3.07. The van der Waals surface area contributed by atoms with Crippen molar-refractivity contribution < 1.29 is 9.18 Å². The molecule has 0 saturated heterocycles. The number of benzene rings is 1. The van der Waals surface area contributed by atoms with Crippen molar-refractivity contribution in [1.29, 1.82) is 0 Å². The van der Waals surface area contributed by atoms with Crippen molar-refractivity contribution in [2.75, 3.05) is 11.9 Å². The van der Waals surface area contributed by atoms with Crippen LogP contribution in [0.15, 0.2) is 22.7 Å². The molecule has 1 aromatic rings. The highest BCUT2D eigenvalue weighted by molar-refractivity contribution is 9.10. The zero-order valence-electron chi connectivity index (χ0n) is 9.10. The van der Waals surface area contributed by atoms with Crippen LogP contribution in [0.3, 0.4) is 0 Å². The Morgan fingerprint density at radius 1 is 1.47 bits per heavy atom. The van der Waals surface area contributed by atoms with Gasteiger partial charge in [0.25, 0.3) is 5.91 Å². The molecule has 1 aliphatic rings. The zero-order chi connectivity index (χ0) is 12.5. The maximum absolute atomic E-state index is 13.5. The Balaban J connectivity index is 2.00. The first-order valence-electron chi connectivity index (χ1n) is 5.36. The second kappa shape index (κ2) is 5.06. The summed E-state index contributed by atoms with van der Waals surface area (Å²) in [7, 11) is 0. The van der Waals surface area contributed by atoms with Gasteiger partial charge in [-0.05, 0) is 36.5 Å². The number of rotatable bonds is 4. The van der Waals surface area contributed by atoms with Crippen molar-refractivity contribution in [2.45, 2.75) is 12.8 Å². The van der Waals surface area contributed by atoms with Crippen LogP contribution in [0.2, 0.25) is 0 Å². The maximum Gasteiger partial charge on any atom is 0.254 e. The normalized spacial score (nSPS) is 16.6. The largest absolute Gasteiger partial charge is 0.351 e. The monoisotopic (exact) mass is 363 g/mol. The summed E-state index contributed by atoms with van der Waals surface area (Å²) in [4.78, 5) is 11.8. The second-order valence-corrected chi connectivity index (χ2v) is 5.92. The highest BCUT2D eigenvalue weighted by Gasteiger charge is 2.41. The number of alkyl halides is 1. The average molecular weight is 365 g/mol. The number of hydrogen-bond donors (Lipinski definition) is 1. The topological polar surface area (TPSA) is 29.1 Å². The van der Waals surface area contributed by atoms with Crippen LogP contribution in [-0.2, 0) is 0 Å². The third-order valence-corrected chi connectivity index (χ3v) is 4.72. The summed E-state index contributed by atoms with van der Waals surface area (Å²) in [6.45, 7) is 0.604. The van der Waals surface area contributed by atoms with E-state index in [1.807, 2.05) is 0 Å². The molecule has 0 spiro atoms. The molecule has 0 bridgehead atoms. The molecule has 0 aliphatic heterocycles. The Hall–Kier alpha value is -0.420. The van der Waals surface area contributed by atoms with Crippen LogP contribution in [-0.4, -0.2) is 17.8 Å². The minimum Gasteiger partial charge on any atom is -0.351 e. The molecule has 2 nitrogen and oxygen atoms in total. The molecule has 1 amide bonds. The van der Waals surface area contributed by atoms with E-state index in [-0.39, 0.29) is 16.9 Å². The Morgan fingerprint density at radius 2 is 2.18 bits per heavy atom. The highest BCUT2D eigenvalue weighted by Crippen LogP contribution is 2.46. The van der Waals surface area contributed by atoms with Crippen LogP contribution in [0.5, 0.6) is 0 Å². The SMILES string of the molecule is O=C(NCC1(CBr)CC1)c1ccc(Br)cc1F. The summed E-state index contributed by atoms with van der Waals surface area (Å²) in [5.74, 6) is -0.845. The lowest BCUT2D eigenvalue weighted by Gasteiger charge is -2.12. The van der Waals surface area contributed by atoms with Crippen LogP contribution in [0.4, 0.5) is 4.39 Å². The van der Waals surface area contributed by atoms with E-state index in [0.29, 0.717) is 11.0 Å². The van der Waals surface area contributed by atoms with E-state index in [0.717, 1.165) is 18.2 Å². The van der Waals surface area contributed by atoms with Crippen LogP contribution < -0.4 is 5.32 Å². The molecule has 1 fully saturated rings. The molecular formula is C12H12Br2FNO. The Morgan fingerprint density at radius 3 is 2.71 bits per heavy atom. The summed E-state index contributed by atoms with van der Waals surface area (Å²) in [5.41, 5.74) is 0.292. The number of amides is 1. The van der Waals surface area contributed by atoms with E-state index in [1.54, 1.807) is 6.07 Å². The first-order chi connectivity index (χ1) is 8.06. The van der Waals surface area contributed by atoms with Gasteiger partial charge < -0.3 is 5.32 Å². The predicted octanol–water partition coefficient (Wildman–Crippen LogP) is 3.49. The van der Waals surface area contributed by atoms with Gasteiger partial charge in [0.2, 0.25) is 0 Å². The molecule has 0 radical (unpaired) electrons. The minimum absolute atomic E-state index is 0.0959. The molecule has 17 heavy (non-hydrogen) atoms. The van der Waals surface area contributed by atoms with E-state index < -0.39 is 5.82 Å². The maximum atomic E-state index is 13.5. The third-order valence-electron chi connectivity index (χ3n) is 3.04. The predicted molar refractivity (Wildman–Crippen MR) is 71.9 cm³/mol. The van der Waals surface area contributed by atoms with Gasteiger partial charge >= 0.3 is 0 Å². The van der Waals surface area contributed by atoms with Crippen molar-refractivity contribution >= 4 is 37.8 Å². The fourth-order valence-electron chi connectivity index (χ4n) is 1.57. The van der Waals surface area contributed by atoms with Crippen LogP contribution >= 0.6 is 31.9 Å². The number of hydrogen-bond acceptors (Lipinski definition) is 1. The molecule has 5 heteroatoms. The van der Waals surface area contributed by atoms with Gasteiger partial charge in [0.15, 0.2) is 0 Å². The Labute approximate surface area is 116 Å². The molecule has 0 aromatic heterocycles. The number of nitrogens with one attached hydrogen (secondary N) is 1. The van der Waals surface area contributed by atoms with E-state index >= 15 is 0 Å². The summed E-state index contributed by atoms with van der Waals surface area (Å²) in [6.07, 6.45) is 2.22. The standard InChI is InChI=1S/C12H12Br2FNO/c13-6-12(3-4-12)7-16-11(17)9-2-1-8(14)5-10(9)15/h1-2,5H,3-4,6-7H2,(H,16,17). The lowest BCUT2D eigenvalue weighted by atomic mass is 10.1. The van der Waals surface area contributed by atoms with Gasteiger partial charge in [0, 0.05) is 16.3 Å². The molecule has 92 valence electrons. The fraction of sp³-hybridized carbons (Fsp3) is 0.417. The molecule has 1 aromatic carbocycles. The van der Waals surface area contributed by atoms with E-state index in [1.165, 1.54) is 12.1 Å². The summed E-state index contributed by atoms with van der Waals surface area (Å²) >= 11 is 6.59. The first-order valence-corrected chi connectivity index (χ1v) is 7.27. The van der Waals surface area contributed by atoms with Gasteiger partial charge in [-0.25, -0.2) is 4.39 Å². The Bertz CT molecular complexity index is 446. The number of carbonyl (C=O) groups excluding carboxylic acids is 1. The fourth-order valence-corrected chi connectivity index (χ4v) is 2.66. The van der Waals surface area contributed by atoms with Crippen molar-refractivity contribution in [2.24, 2.45) is 5.41 Å². The van der Waals surface area contributed by atoms with E-state index in [2.05, 4.69) is 37.2 Å². The minimum atomic E-state index is -0.499. The van der Waals surface area contributed by atoms with Crippen molar-refractivity contribution in [3.8, 4) is 0 Å². The van der Waals surface area contributed by atoms with Gasteiger partial charge in [-0.3, -0.25) is 4.79 Å². The van der Waals surface area contributed by atoms with Gasteiger partial charge in [-0.2, -0.15) is 0 Å². The van der Waals surface area contributed by atoms with Crippen molar-refractivity contribution in [1.82, 2.24) is 5.32 Å². The lowest BCUT2D eigenvalue weighted by Crippen LogP contribution is -2.31. The molecule has 2 rings (SSSR count). The molecule has 1 saturated carbocycles. The van der Waals surface area contributed by atoms with E-state index in [9.17, 15) is 9.18 Å². The molecule has 1 N–H and O–H groups in total. The zero-order valence-corrected chi connectivity index (χ0v) is 12.3. The third kappa shape index (κ3) is 3.07. The second-order valence-electron chi connectivity index (χ2n) is 4.44. The molecule has 0 unspecified atom stereocenters. The highest BCUT2D eigenvalue weighted by atomic mass is 79.9. The molecule has 0 heterocycles. The lowest BCUT2D eigenvalue weighted by molar-refractivity contribution is 0.0942. The van der Waals surface area contributed by atoms with Gasteiger partial charge in [-0.1, -0.05) is 31.9 Å². The summed E-state index contributed by atoms with van der Waals surface area (Å²) < 4.78 is 14.1. The Kier molecular flexibility index (Phi) is 3.88. The quantitative estimate of drug-likeness (QED) is 0.814. The number of halogens is 3.